The molecule has 0 aliphatic carbocycles. The van der Waals surface area contributed by atoms with E-state index in [4.69, 9.17) is 9.47 Å². The number of hydrogen-bond donors (Lipinski definition) is 0. The molecule has 0 radical (unpaired) electrons. The van der Waals surface area contributed by atoms with Crippen molar-refractivity contribution < 1.29 is 19.1 Å². The van der Waals surface area contributed by atoms with E-state index in [0.29, 0.717) is 6.42 Å². The van der Waals surface area contributed by atoms with Gasteiger partial charge in [-0.05, 0) is 47.3 Å². The maximum Gasteiger partial charge on any atom is 0.320 e. The molecule has 0 saturated heterocycles. The predicted molar refractivity (Wildman–Crippen MR) is 91.7 cm³/mol. The highest BCUT2D eigenvalue weighted by Crippen LogP contribution is 2.13. The Balaban J connectivity index is -0.000000826. The zero-order chi connectivity index (χ0) is 18.0. The van der Waals surface area contributed by atoms with Gasteiger partial charge in [0, 0.05) is 0 Å². The first kappa shape index (κ1) is 25.3. The predicted octanol–water partition coefficient (Wildman–Crippen LogP) is 3.07. The normalized spacial score (nSPS) is 9.18. The molecule has 0 spiro atoms. The van der Waals surface area contributed by atoms with Crippen molar-refractivity contribution in [2.24, 2.45) is 5.92 Å². The first-order valence-electron chi connectivity index (χ1n) is 7.50. The quantitative estimate of drug-likeness (QED) is 0.283. The third-order valence-corrected chi connectivity index (χ3v) is 2.49. The van der Waals surface area contributed by atoms with Crippen LogP contribution in [0.2, 0.25) is 0 Å². The summed E-state index contributed by atoms with van der Waals surface area (Å²) in [5.74, 6) is -1.71. The molecule has 0 aromatic rings. The summed E-state index contributed by atoms with van der Waals surface area (Å²) >= 11 is 0. The molecule has 0 heterocycles. The zero-order valence-corrected chi connectivity index (χ0v) is 14.7. The molecule has 0 unspecified atom stereocenters. The largest absolute Gasteiger partial charge is 0.465 e. The molecule has 5 nitrogen and oxygen atoms in total. The Morgan fingerprint density at radius 1 is 0.909 bits per heavy atom. The first-order chi connectivity index (χ1) is 10.5. The topological polar surface area (TPSA) is 55.8 Å². The van der Waals surface area contributed by atoms with E-state index in [9.17, 15) is 9.59 Å². The van der Waals surface area contributed by atoms with Crippen LogP contribution in [-0.4, -0.2) is 50.7 Å². The van der Waals surface area contributed by atoms with Gasteiger partial charge in [-0.2, -0.15) is 0 Å². The monoisotopic (exact) mass is 315 g/mol. The lowest BCUT2D eigenvalue weighted by Crippen LogP contribution is -2.28. The fraction of sp³-hybridized carbons (Fsp3) is 0.647. The van der Waals surface area contributed by atoms with Gasteiger partial charge in [0.25, 0.3) is 0 Å². The molecule has 0 aliphatic heterocycles. The van der Waals surface area contributed by atoms with Gasteiger partial charge < -0.3 is 14.4 Å². The molecule has 0 fully saturated rings. The van der Waals surface area contributed by atoms with E-state index in [1.54, 1.807) is 13.8 Å². The van der Waals surface area contributed by atoms with Crippen molar-refractivity contribution in [3.8, 4) is 0 Å². The summed E-state index contributed by atoms with van der Waals surface area (Å²) in [6, 6.07) is 0. The average molecular weight is 315 g/mol. The SMILES string of the molecule is C=C.C=C.CCOC(=O)C(CCCCN(C)C)C(=O)OCC. The molecule has 0 atom stereocenters. The fourth-order valence-corrected chi connectivity index (χ4v) is 1.59. The Bertz CT molecular complexity index is 260. The van der Waals surface area contributed by atoms with Crippen molar-refractivity contribution in [2.75, 3.05) is 33.9 Å². The van der Waals surface area contributed by atoms with Crippen LogP contribution in [0.4, 0.5) is 0 Å². The number of nitrogens with zero attached hydrogens (tertiary/aromatic N) is 1. The first-order valence-corrected chi connectivity index (χ1v) is 7.50. The van der Waals surface area contributed by atoms with Gasteiger partial charge in [0.15, 0.2) is 5.92 Å². The molecule has 22 heavy (non-hydrogen) atoms. The number of carbonyl (C=O) groups excluding carboxylic acids is 2. The second kappa shape index (κ2) is 19.4. The Kier molecular flexibility index (Phi) is 22.3. The van der Waals surface area contributed by atoms with Crippen molar-refractivity contribution >= 4 is 11.9 Å². The van der Waals surface area contributed by atoms with Crippen LogP contribution in [0, 0.1) is 5.92 Å². The molecule has 0 aromatic heterocycles. The Morgan fingerprint density at radius 3 is 1.64 bits per heavy atom. The van der Waals surface area contributed by atoms with Crippen LogP contribution in [0.1, 0.15) is 33.1 Å². The van der Waals surface area contributed by atoms with Crippen LogP contribution < -0.4 is 0 Å². The minimum absolute atomic E-state index is 0.284. The van der Waals surface area contributed by atoms with Gasteiger partial charge in [-0.15, -0.1) is 26.3 Å². The van der Waals surface area contributed by atoms with Crippen LogP contribution in [-0.2, 0) is 19.1 Å². The number of carbonyl (C=O) groups is 2. The number of rotatable bonds is 9. The molecule has 5 heteroatoms. The smallest absolute Gasteiger partial charge is 0.320 e. The van der Waals surface area contributed by atoms with Crippen LogP contribution in [0.5, 0.6) is 0 Å². The Morgan fingerprint density at radius 2 is 1.32 bits per heavy atom. The van der Waals surface area contributed by atoms with Gasteiger partial charge in [-0.1, -0.05) is 6.42 Å². The molecular formula is C17H33NO4. The minimum Gasteiger partial charge on any atom is -0.465 e. The summed E-state index contributed by atoms with van der Waals surface area (Å²) in [6.07, 6.45) is 2.24. The highest BCUT2D eigenvalue weighted by molar-refractivity contribution is 5.94. The molecule has 0 bridgehead atoms. The lowest BCUT2D eigenvalue weighted by atomic mass is 10.0. The second-order valence-electron chi connectivity index (χ2n) is 4.36. The van der Waals surface area contributed by atoms with Gasteiger partial charge in [0.1, 0.15) is 0 Å². The van der Waals surface area contributed by atoms with E-state index < -0.39 is 17.9 Å². The van der Waals surface area contributed by atoms with Crippen molar-refractivity contribution in [3.63, 3.8) is 0 Å². The van der Waals surface area contributed by atoms with E-state index in [0.717, 1.165) is 19.4 Å². The molecular weight excluding hydrogens is 282 g/mol. The zero-order valence-electron chi connectivity index (χ0n) is 14.7. The summed E-state index contributed by atoms with van der Waals surface area (Å²) in [5.41, 5.74) is 0. The standard InChI is InChI=1S/C13H25NO4.2C2H4/c1-5-17-12(15)11(13(16)18-6-2)9-7-8-10-14(3)4;2*1-2/h11H,5-10H2,1-4H3;2*1-2H2. The van der Waals surface area contributed by atoms with Gasteiger partial charge >= 0.3 is 11.9 Å². The van der Waals surface area contributed by atoms with E-state index in [1.807, 2.05) is 14.1 Å². The lowest BCUT2D eigenvalue weighted by molar-refractivity contribution is -0.161. The van der Waals surface area contributed by atoms with Gasteiger partial charge in [-0.25, -0.2) is 0 Å². The van der Waals surface area contributed by atoms with Gasteiger partial charge in [-0.3, -0.25) is 9.59 Å². The second-order valence-corrected chi connectivity index (χ2v) is 4.36. The van der Waals surface area contributed by atoms with Crippen LogP contribution >= 0.6 is 0 Å². The van der Waals surface area contributed by atoms with E-state index in [1.165, 1.54) is 0 Å². The van der Waals surface area contributed by atoms with Crippen LogP contribution in [0.3, 0.4) is 0 Å². The van der Waals surface area contributed by atoms with Crippen molar-refractivity contribution in [1.82, 2.24) is 4.90 Å². The van der Waals surface area contributed by atoms with Crippen LogP contribution in [0.25, 0.3) is 0 Å². The molecule has 0 saturated carbocycles. The van der Waals surface area contributed by atoms with Crippen molar-refractivity contribution in [1.29, 1.82) is 0 Å². The summed E-state index contributed by atoms with van der Waals surface area (Å²) in [7, 11) is 3.99. The maximum absolute atomic E-state index is 11.7. The molecule has 0 aliphatic rings. The van der Waals surface area contributed by atoms with Crippen molar-refractivity contribution in [3.05, 3.63) is 26.3 Å². The van der Waals surface area contributed by atoms with E-state index >= 15 is 0 Å². The third kappa shape index (κ3) is 14.8. The van der Waals surface area contributed by atoms with E-state index in [-0.39, 0.29) is 13.2 Å². The van der Waals surface area contributed by atoms with Gasteiger partial charge in [0.2, 0.25) is 0 Å². The minimum atomic E-state index is -0.771. The molecule has 130 valence electrons. The average Bonchev–Trinajstić information content (AvgIpc) is 2.51. The van der Waals surface area contributed by atoms with Crippen LogP contribution in [0.15, 0.2) is 26.3 Å². The fourth-order valence-electron chi connectivity index (χ4n) is 1.59. The number of esters is 2. The Hall–Kier alpha value is -1.62. The third-order valence-electron chi connectivity index (χ3n) is 2.49. The molecule has 0 rings (SSSR count). The lowest BCUT2D eigenvalue weighted by Gasteiger charge is -2.15. The highest BCUT2D eigenvalue weighted by Gasteiger charge is 2.28. The number of unbranched alkanes of at least 4 members (excludes halogenated alkanes) is 1. The van der Waals surface area contributed by atoms with Gasteiger partial charge in [0.05, 0.1) is 13.2 Å². The van der Waals surface area contributed by atoms with Crippen molar-refractivity contribution in [2.45, 2.75) is 33.1 Å². The molecule has 0 aromatic carbocycles. The summed E-state index contributed by atoms with van der Waals surface area (Å²) < 4.78 is 9.80. The maximum atomic E-state index is 11.7. The summed E-state index contributed by atoms with van der Waals surface area (Å²) in [6.45, 7) is 17.0. The highest BCUT2D eigenvalue weighted by atomic mass is 16.6. The molecule has 0 N–H and O–H groups in total. The van der Waals surface area contributed by atoms with E-state index in [2.05, 4.69) is 31.2 Å². The number of hydrogen-bond acceptors (Lipinski definition) is 5. The molecule has 0 amide bonds. The Labute approximate surface area is 136 Å². The summed E-state index contributed by atoms with van der Waals surface area (Å²) in [5, 5.41) is 0. The number of ether oxygens (including phenoxy) is 2. The summed E-state index contributed by atoms with van der Waals surface area (Å²) in [4.78, 5) is 25.4.